The molecule has 1 heterocycles. The number of H-pyrrole nitrogens is 1. The van der Waals surface area contributed by atoms with Crippen molar-refractivity contribution in [2.24, 2.45) is 0 Å². The quantitative estimate of drug-likeness (QED) is 0.428. The molecule has 0 aliphatic heterocycles. The molecule has 6 heteroatoms. The second-order valence-electron chi connectivity index (χ2n) is 7.58. The minimum absolute atomic E-state index is 0.352. The number of carbonyl (C=O) groups is 2. The Morgan fingerprint density at radius 1 is 1.00 bits per heavy atom. The van der Waals surface area contributed by atoms with E-state index in [2.05, 4.69) is 29.1 Å². The molecule has 156 valence electrons. The van der Waals surface area contributed by atoms with Crippen LogP contribution in [0.25, 0.3) is 22.4 Å². The van der Waals surface area contributed by atoms with E-state index in [4.69, 9.17) is 4.74 Å². The third-order valence-electron chi connectivity index (χ3n) is 4.96. The average molecular weight is 413 g/mol. The molecule has 31 heavy (non-hydrogen) atoms. The van der Waals surface area contributed by atoms with Gasteiger partial charge in [-0.3, -0.25) is 4.79 Å². The fraction of sp³-hybridized carbons (Fsp3) is 0.160. The van der Waals surface area contributed by atoms with E-state index < -0.39 is 5.97 Å². The maximum absolute atomic E-state index is 12.4. The molecule has 0 bridgehead atoms. The third-order valence-corrected chi connectivity index (χ3v) is 4.96. The Kier molecular flexibility index (Phi) is 5.80. The van der Waals surface area contributed by atoms with Gasteiger partial charge in [-0.15, -0.1) is 0 Å². The van der Waals surface area contributed by atoms with Crippen LogP contribution in [0, 0.1) is 0 Å². The van der Waals surface area contributed by atoms with Gasteiger partial charge in [-0.1, -0.05) is 56.3 Å². The molecule has 0 aliphatic carbocycles. The SMILES string of the molecule is CC(C)c1ccc(NC(=O)COC(=O)c2ccc3nc(-c4ccccc4)[nH]c3c2)cc1. The summed E-state index contributed by atoms with van der Waals surface area (Å²) in [5.41, 5.74) is 4.64. The van der Waals surface area contributed by atoms with E-state index in [1.54, 1.807) is 18.2 Å². The Morgan fingerprint density at radius 2 is 1.74 bits per heavy atom. The molecule has 1 amide bonds. The van der Waals surface area contributed by atoms with Gasteiger partial charge in [0.2, 0.25) is 0 Å². The zero-order valence-electron chi connectivity index (χ0n) is 17.4. The van der Waals surface area contributed by atoms with Gasteiger partial charge in [0, 0.05) is 11.3 Å². The van der Waals surface area contributed by atoms with Crippen molar-refractivity contribution in [3.63, 3.8) is 0 Å². The van der Waals surface area contributed by atoms with Crippen LogP contribution in [0.2, 0.25) is 0 Å². The lowest BCUT2D eigenvalue weighted by Crippen LogP contribution is -2.20. The van der Waals surface area contributed by atoms with E-state index in [9.17, 15) is 9.59 Å². The summed E-state index contributed by atoms with van der Waals surface area (Å²) in [6.07, 6.45) is 0. The number of hydrogen-bond acceptors (Lipinski definition) is 4. The number of hydrogen-bond donors (Lipinski definition) is 2. The van der Waals surface area contributed by atoms with Crippen LogP contribution in [0.5, 0.6) is 0 Å². The predicted molar refractivity (Wildman–Crippen MR) is 121 cm³/mol. The number of nitrogens with one attached hydrogen (secondary N) is 2. The number of imidazole rings is 1. The van der Waals surface area contributed by atoms with Crippen LogP contribution in [-0.2, 0) is 9.53 Å². The molecule has 2 N–H and O–H groups in total. The molecule has 0 unspecified atom stereocenters. The molecular weight excluding hydrogens is 390 g/mol. The lowest BCUT2D eigenvalue weighted by molar-refractivity contribution is -0.119. The van der Waals surface area contributed by atoms with Crippen molar-refractivity contribution in [3.05, 3.63) is 83.9 Å². The molecule has 0 atom stereocenters. The Balaban J connectivity index is 1.38. The molecule has 0 saturated heterocycles. The first-order valence-electron chi connectivity index (χ1n) is 10.1. The summed E-state index contributed by atoms with van der Waals surface area (Å²) in [6, 6.07) is 22.4. The molecule has 0 spiro atoms. The molecule has 4 rings (SSSR count). The molecular formula is C25H23N3O3. The van der Waals surface area contributed by atoms with Gasteiger partial charge < -0.3 is 15.0 Å². The molecule has 1 aromatic heterocycles. The smallest absolute Gasteiger partial charge is 0.338 e. The molecule has 3 aromatic carbocycles. The minimum atomic E-state index is -0.567. The van der Waals surface area contributed by atoms with Crippen molar-refractivity contribution >= 4 is 28.6 Å². The topological polar surface area (TPSA) is 84.1 Å². The van der Waals surface area contributed by atoms with Crippen molar-refractivity contribution in [3.8, 4) is 11.4 Å². The lowest BCUT2D eigenvalue weighted by Gasteiger charge is -2.09. The standard InChI is InChI=1S/C25H23N3O3/c1-16(2)17-8-11-20(12-9-17)26-23(29)15-31-25(30)19-10-13-21-22(14-19)28-24(27-21)18-6-4-3-5-7-18/h3-14,16H,15H2,1-2H3,(H,26,29)(H,27,28). The van der Waals surface area contributed by atoms with Gasteiger partial charge >= 0.3 is 5.97 Å². The Bertz CT molecular complexity index is 1210. The van der Waals surface area contributed by atoms with Gasteiger partial charge in [-0.05, 0) is 41.8 Å². The summed E-state index contributed by atoms with van der Waals surface area (Å²) in [5.74, 6) is 0.188. The third kappa shape index (κ3) is 4.80. The summed E-state index contributed by atoms with van der Waals surface area (Å²) in [6.45, 7) is 3.85. The minimum Gasteiger partial charge on any atom is -0.452 e. The number of fused-ring (bicyclic) bond motifs is 1. The fourth-order valence-corrected chi connectivity index (χ4v) is 3.23. The van der Waals surface area contributed by atoms with Gasteiger partial charge in [0.15, 0.2) is 6.61 Å². The van der Waals surface area contributed by atoms with Crippen molar-refractivity contribution < 1.29 is 14.3 Å². The maximum Gasteiger partial charge on any atom is 0.338 e. The number of amides is 1. The number of esters is 1. The molecule has 0 radical (unpaired) electrons. The number of benzene rings is 3. The van der Waals surface area contributed by atoms with Crippen LogP contribution in [0.3, 0.4) is 0 Å². The Labute approximate surface area is 180 Å². The van der Waals surface area contributed by atoms with E-state index in [0.717, 1.165) is 22.4 Å². The maximum atomic E-state index is 12.4. The predicted octanol–water partition coefficient (Wildman–Crippen LogP) is 5.15. The number of ether oxygens (including phenoxy) is 1. The summed E-state index contributed by atoms with van der Waals surface area (Å²) >= 11 is 0. The Hall–Kier alpha value is -3.93. The van der Waals surface area contributed by atoms with Crippen LogP contribution in [0.1, 0.15) is 35.7 Å². The highest BCUT2D eigenvalue weighted by Crippen LogP contribution is 2.21. The molecule has 0 aliphatic rings. The zero-order valence-corrected chi connectivity index (χ0v) is 17.4. The van der Waals surface area contributed by atoms with E-state index in [-0.39, 0.29) is 12.5 Å². The highest BCUT2D eigenvalue weighted by molar-refractivity contribution is 5.97. The average Bonchev–Trinajstić information content (AvgIpc) is 3.22. The first-order valence-corrected chi connectivity index (χ1v) is 10.1. The van der Waals surface area contributed by atoms with Gasteiger partial charge in [0.25, 0.3) is 5.91 Å². The molecule has 0 fully saturated rings. The second-order valence-corrected chi connectivity index (χ2v) is 7.58. The number of anilines is 1. The molecule has 0 saturated carbocycles. The summed E-state index contributed by atoms with van der Waals surface area (Å²) in [5, 5.41) is 2.73. The van der Waals surface area contributed by atoms with Crippen LogP contribution in [0.4, 0.5) is 5.69 Å². The van der Waals surface area contributed by atoms with E-state index >= 15 is 0 Å². The first kappa shape index (κ1) is 20.3. The van der Waals surface area contributed by atoms with Crippen LogP contribution in [0.15, 0.2) is 72.8 Å². The summed E-state index contributed by atoms with van der Waals surface area (Å²) in [4.78, 5) is 32.3. The van der Waals surface area contributed by atoms with E-state index in [1.807, 2.05) is 54.6 Å². The largest absolute Gasteiger partial charge is 0.452 e. The second kappa shape index (κ2) is 8.83. The monoisotopic (exact) mass is 413 g/mol. The number of aromatic amines is 1. The van der Waals surface area contributed by atoms with Gasteiger partial charge in [-0.2, -0.15) is 0 Å². The van der Waals surface area contributed by atoms with Crippen molar-refractivity contribution in [2.75, 3.05) is 11.9 Å². The summed E-state index contributed by atoms with van der Waals surface area (Å²) < 4.78 is 5.18. The van der Waals surface area contributed by atoms with Crippen LogP contribution in [-0.4, -0.2) is 28.5 Å². The van der Waals surface area contributed by atoms with Crippen molar-refractivity contribution in [1.29, 1.82) is 0 Å². The van der Waals surface area contributed by atoms with Crippen molar-refractivity contribution in [2.45, 2.75) is 19.8 Å². The van der Waals surface area contributed by atoms with E-state index in [1.165, 1.54) is 5.56 Å². The Morgan fingerprint density at radius 3 is 2.45 bits per heavy atom. The number of nitrogens with zero attached hydrogens (tertiary/aromatic N) is 1. The fourth-order valence-electron chi connectivity index (χ4n) is 3.23. The normalized spacial score (nSPS) is 10.9. The number of aromatic nitrogens is 2. The van der Waals surface area contributed by atoms with E-state index in [0.29, 0.717) is 17.2 Å². The first-order chi connectivity index (χ1) is 15.0. The van der Waals surface area contributed by atoms with Gasteiger partial charge in [-0.25, -0.2) is 9.78 Å². The highest BCUT2D eigenvalue weighted by Gasteiger charge is 2.13. The lowest BCUT2D eigenvalue weighted by atomic mass is 10.0. The van der Waals surface area contributed by atoms with Crippen LogP contribution >= 0.6 is 0 Å². The zero-order chi connectivity index (χ0) is 21.8. The van der Waals surface area contributed by atoms with Gasteiger partial charge in [0.1, 0.15) is 5.82 Å². The number of rotatable bonds is 6. The molecule has 4 aromatic rings. The van der Waals surface area contributed by atoms with Gasteiger partial charge in [0.05, 0.1) is 16.6 Å². The van der Waals surface area contributed by atoms with Crippen LogP contribution < -0.4 is 5.32 Å². The highest BCUT2D eigenvalue weighted by atomic mass is 16.5. The molecule has 6 nitrogen and oxygen atoms in total. The summed E-state index contributed by atoms with van der Waals surface area (Å²) in [7, 11) is 0. The van der Waals surface area contributed by atoms with Crippen molar-refractivity contribution in [1.82, 2.24) is 9.97 Å². The number of carbonyl (C=O) groups excluding carboxylic acids is 2.